The normalized spacial score (nSPS) is 14.5. The zero-order valence-electron chi connectivity index (χ0n) is 14.1. The lowest BCUT2D eigenvalue weighted by atomic mass is 10.2. The number of hydrogen-bond acceptors (Lipinski definition) is 2. The van der Waals surface area contributed by atoms with Gasteiger partial charge >= 0.3 is 0 Å². The molecule has 1 aromatic carbocycles. The highest BCUT2D eigenvalue weighted by Crippen LogP contribution is 2.40. The van der Waals surface area contributed by atoms with Crippen molar-refractivity contribution in [2.45, 2.75) is 58.5 Å². The van der Waals surface area contributed by atoms with Gasteiger partial charge in [0.05, 0.1) is 5.52 Å². The summed E-state index contributed by atoms with van der Waals surface area (Å²) < 4.78 is 22.7. The highest BCUT2D eigenvalue weighted by atomic mass is 127. The number of fused-ring (bicyclic) bond motifs is 1. The highest BCUT2D eigenvalue weighted by Gasteiger charge is 2.39. The van der Waals surface area contributed by atoms with E-state index in [1.165, 1.54) is 6.07 Å². The summed E-state index contributed by atoms with van der Waals surface area (Å²) >= 11 is 2.16. The van der Waals surface area contributed by atoms with Crippen molar-refractivity contribution < 1.29 is 8.82 Å². The SMILES string of the molecule is CCC(O[Si](C)(C)C(C)(C)C)n1nc(I)c2cc(F)ccc21. The zero-order chi connectivity index (χ0) is 16.7. The summed E-state index contributed by atoms with van der Waals surface area (Å²) in [6, 6.07) is 4.81. The Morgan fingerprint density at radius 1 is 1.36 bits per heavy atom. The summed E-state index contributed by atoms with van der Waals surface area (Å²) in [6.45, 7) is 13.3. The van der Waals surface area contributed by atoms with Gasteiger partial charge in [-0.25, -0.2) is 9.07 Å². The Kier molecular flexibility index (Phi) is 5.04. The molecule has 0 fully saturated rings. The lowest BCUT2D eigenvalue weighted by Crippen LogP contribution is -2.42. The van der Waals surface area contributed by atoms with E-state index in [0.29, 0.717) is 0 Å². The predicted molar refractivity (Wildman–Crippen MR) is 100 cm³/mol. The fourth-order valence-corrected chi connectivity index (χ4v) is 4.08. The first-order chi connectivity index (χ1) is 10.1. The second-order valence-electron chi connectivity index (χ2n) is 7.14. The molecule has 0 aliphatic rings. The average molecular weight is 434 g/mol. The summed E-state index contributed by atoms with van der Waals surface area (Å²) in [6.07, 6.45) is 0.717. The molecule has 1 heterocycles. The van der Waals surface area contributed by atoms with E-state index in [4.69, 9.17) is 4.43 Å². The van der Waals surface area contributed by atoms with E-state index in [0.717, 1.165) is 21.0 Å². The maximum absolute atomic E-state index is 13.5. The fourth-order valence-electron chi connectivity index (χ4n) is 2.12. The Morgan fingerprint density at radius 2 is 2.00 bits per heavy atom. The van der Waals surface area contributed by atoms with Gasteiger partial charge in [0.15, 0.2) is 8.32 Å². The summed E-state index contributed by atoms with van der Waals surface area (Å²) in [5.41, 5.74) is 0.927. The molecule has 6 heteroatoms. The van der Waals surface area contributed by atoms with Gasteiger partial charge in [0.25, 0.3) is 0 Å². The Labute approximate surface area is 146 Å². The van der Waals surface area contributed by atoms with Gasteiger partial charge in [0, 0.05) is 5.39 Å². The molecule has 0 aliphatic heterocycles. The van der Waals surface area contributed by atoms with Crippen molar-refractivity contribution in [3.63, 3.8) is 0 Å². The monoisotopic (exact) mass is 434 g/mol. The standard InChI is InChI=1S/C16H24FIN2OSi/c1-7-14(21-22(5,6)16(2,3)4)20-13-9-8-11(17)10-12(13)15(18)19-20/h8-10,14H,7H2,1-6H3. The lowest BCUT2D eigenvalue weighted by Gasteiger charge is -2.39. The lowest BCUT2D eigenvalue weighted by molar-refractivity contribution is 0.101. The Hall–Kier alpha value is -0.473. The van der Waals surface area contributed by atoms with Crippen molar-refractivity contribution in [3.05, 3.63) is 27.7 Å². The van der Waals surface area contributed by atoms with E-state index in [1.807, 2.05) is 4.68 Å². The van der Waals surface area contributed by atoms with E-state index in [2.05, 4.69) is 68.5 Å². The molecule has 0 amide bonds. The van der Waals surface area contributed by atoms with Crippen LogP contribution in [-0.2, 0) is 4.43 Å². The van der Waals surface area contributed by atoms with Crippen molar-refractivity contribution >= 4 is 41.8 Å². The van der Waals surface area contributed by atoms with Gasteiger partial charge in [-0.3, -0.25) is 0 Å². The maximum Gasteiger partial charge on any atom is 0.194 e. The van der Waals surface area contributed by atoms with E-state index < -0.39 is 8.32 Å². The number of hydrogen-bond donors (Lipinski definition) is 0. The van der Waals surface area contributed by atoms with Crippen LogP contribution in [0.3, 0.4) is 0 Å². The second-order valence-corrected chi connectivity index (χ2v) is 12.9. The molecule has 1 atom stereocenters. The average Bonchev–Trinajstić information content (AvgIpc) is 2.72. The van der Waals surface area contributed by atoms with Crippen molar-refractivity contribution in [1.82, 2.24) is 9.78 Å². The molecule has 1 aromatic heterocycles. The number of nitrogens with zero attached hydrogens (tertiary/aromatic N) is 2. The zero-order valence-corrected chi connectivity index (χ0v) is 17.2. The molecular weight excluding hydrogens is 410 g/mol. The van der Waals surface area contributed by atoms with Crippen LogP contribution in [0.25, 0.3) is 10.9 Å². The Balaban J connectivity index is 2.45. The molecule has 0 N–H and O–H groups in total. The van der Waals surface area contributed by atoms with E-state index in [1.54, 1.807) is 12.1 Å². The van der Waals surface area contributed by atoms with Gasteiger partial charge in [0.1, 0.15) is 15.7 Å². The molecule has 0 saturated carbocycles. The second kappa shape index (κ2) is 6.20. The van der Waals surface area contributed by atoms with Crippen LogP contribution in [0.2, 0.25) is 18.1 Å². The first-order valence-corrected chi connectivity index (χ1v) is 11.6. The quantitative estimate of drug-likeness (QED) is 0.455. The number of rotatable bonds is 4. The molecular formula is C16H24FIN2OSi. The van der Waals surface area contributed by atoms with Crippen molar-refractivity contribution in [1.29, 1.82) is 0 Å². The minimum Gasteiger partial charge on any atom is -0.396 e. The van der Waals surface area contributed by atoms with E-state index in [-0.39, 0.29) is 17.1 Å². The van der Waals surface area contributed by atoms with Crippen LogP contribution >= 0.6 is 22.6 Å². The molecule has 0 saturated heterocycles. The molecule has 2 rings (SSSR count). The van der Waals surface area contributed by atoms with Gasteiger partial charge < -0.3 is 4.43 Å². The molecule has 0 aliphatic carbocycles. The topological polar surface area (TPSA) is 27.1 Å². The van der Waals surface area contributed by atoms with Crippen LogP contribution in [0.1, 0.15) is 40.3 Å². The van der Waals surface area contributed by atoms with Crippen LogP contribution in [0.5, 0.6) is 0 Å². The Bertz CT molecular complexity index is 679. The number of halogens is 2. The summed E-state index contributed by atoms with van der Waals surface area (Å²) in [4.78, 5) is 0. The molecule has 1 unspecified atom stereocenters. The summed E-state index contributed by atoms with van der Waals surface area (Å²) in [5.74, 6) is -0.233. The smallest absolute Gasteiger partial charge is 0.194 e. The largest absolute Gasteiger partial charge is 0.396 e. The summed E-state index contributed by atoms with van der Waals surface area (Å²) in [5, 5.41) is 5.59. The fraction of sp³-hybridized carbons (Fsp3) is 0.562. The third-order valence-electron chi connectivity index (χ3n) is 4.48. The Morgan fingerprint density at radius 3 is 2.55 bits per heavy atom. The molecule has 22 heavy (non-hydrogen) atoms. The van der Waals surface area contributed by atoms with Gasteiger partial charge in [-0.15, -0.1) is 0 Å². The van der Waals surface area contributed by atoms with E-state index >= 15 is 0 Å². The molecule has 122 valence electrons. The number of benzene rings is 1. The van der Waals surface area contributed by atoms with Crippen LogP contribution in [0.4, 0.5) is 4.39 Å². The third-order valence-corrected chi connectivity index (χ3v) is 9.75. The van der Waals surface area contributed by atoms with Crippen LogP contribution in [0, 0.1) is 9.52 Å². The minimum atomic E-state index is -1.90. The van der Waals surface area contributed by atoms with Gasteiger partial charge in [-0.1, -0.05) is 27.7 Å². The van der Waals surface area contributed by atoms with Crippen LogP contribution in [-0.4, -0.2) is 18.1 Å². The minimum absolute atomic E-state index is 0.114. The molecule has 3 nitrogen and oxygen atoms in total. The number of aromatic nitrogens is 2. The van der Waals surface area contributed by atoms with Crippen LogP contribution < -0.4 is 0 Å². The highest BCUT2D eigenvalue weighted by molar-refractivity contribution is 14.1. The molecule has 0 spiro atoms. The van der Waals surface area contributed by atoms with Gasteiger partial charge in [0.2, 0.25) is 0 Å². The summed E-state index contributed by atoms with van der Waals surface area (Å²) in [7, 11) is -1.90. The van der Waals surface area contributed by atoms with Crippen molar-refractivity contribution in [3.8, 4) is 0 Å². The first-order valence-electron chi connectivity index (χ1n) is 7.58. The van der Waals surface area contributed by atoms with Crippen molar-refractivity contribution in [2.24, 2.45) is 0 Å². The maximum atomic E-state index is 13.5. The first kappa shape index (κ1) is 17.9. The molecule has 2 aromatic rings. The third kappa shape index (κ3) is 3.38. The van der Waals surface area contributed by atoms with Gasteiger partial charge in [-0.2, -0.15) is 5.10 Å². The van der Waals surface area contributed by atoms with Crippen molar-refractivity contribution in [2.75, 3.05) is 0 Å². The van der Waals surface area contributed by atoms with Gasteiger partial charge in [-0.05, 0) is 65.3 Å². The predicted octanol–water partition coefficient (Wildman–Crippen LogP) is 5.71. The molecule has 0 bridgehead atoms. The van der Waals surface area contributed by atoms with Crippen LogP contribution in [0.15, 0.2) is 18.2 Å². The molecule has 0 radical (unpaired) electrons. The van der Waals surface area contributed by atoms with E-state index in [9.17, 15) is 4.39 Å².